The molecule has 0 amide bonds. The third-order valence-electron chi connectivity index (χ3n) is 5.70. The van der Waals surface area contributed by atoms with Crippen molar-refractivity contribution in [3.05, 3.63) is 0 Å². The van der Waals surface area contributed by atoms with E-state index in [0.29, 0.717) is 11.0 Å². The van der Waals surface area contributed by atoms with E-state index in [4.69, 9.17) is 0 Å². The van der Waals surface area contributed by atoms with Crippen LogP contribution in [0.1, 0.15) is 66.7 Å². The zero-order valence-electron chi connectivity index (χ0n) is 13.8. The molecule has 0 bridgehead atoms. The van der Waals surface area contributed by atoms with Gasteiger partial charge in [-0.1, -0.05) is 40.5 Å². The minimum Gasteiger partial charge on any atom is -0.309 e. The summed E-state index contributed by atoms with van der Waals surface area (Å²) in [5.41, 5.74) is 0.902. The Hall–Kier alpha value is -0.0800. The third-order valence-corrected chi connectivity index (χ3v) is 5.70. The summed E-state index contributed by atoms with van der Waals surface area (Å²) in [4.78, 5) is 2.82. The molecule has 2 atom stereocenters. The maximum absolute atomic E-state index is 3.80. The maximum atomic E-state index is 3.80. The standard InChI is InChI=1S/C17H34N2/c1-6-17(5)13-19(15(11-18-17)14(2)3)12-16(4)9-7-8-10-16/h14-15,18H,6-13H2,1-5H3. The molecule has 2 rings (SSSR count). The molecule has 0 radical (unpaired) electrons. The van der Waals surface area contributed by atoms with E-state index in [1.54, 1.807) is 0 Å². The van der Waals surface area contributed by atoms with Gasteiger partial charge in [-0.15, -0.1) is 0 Å². The first-order chi connectivity index (χ1) is 8.87. The van der Waals surface area contributed by atoms with E-state index in [2.05, 4.69) is 44.8 Å². The molecule has 2 heteroatoms. The number of nitrogens with zero attached hydrogens (tertiary/aromatic N) is 1. The molecule has 0 aromatic rings. The fraction of sp³-hybridized carbons (Fsp3) is 1.00. The molecule has 1 saturated heterocycles. The zero-order valence-corrected chi connectivity index (χ0v) is 13.8. The Labute approximate surface area is 120 Å². The molecule has 1 saturated carbocycles. The van der Waals surface area contributed by atoms with Crippen molar-refractivity contribution in [3.63, 3.8) is 0 Å². The predicted octanol–water partition coefficient (Wildman–Crippen LogP) is 3.67. The third kappa shape index (κ3) is 3.52. The minimum atomic E-state index is 0.320. The SMILES string of the molecule is CCC1(C)CN(CC2(C)CCCC2)C(C(C)C)CN1. The Morgan fingerprint density at radius 1 is 1.21 bits per heavy atom. The van der Waals surface area contributed by atoms with Crippen molar-refractivity contribution < 1.29 is 0 Å². The zero-order chi connectivity index (χ0) is 14.1. The first kappa shape index (κ1) is 15.3. The fourth-order valence-corrected chi connectivity index (χ4v) is 4.05. The summed E-state index contributed by atoms with van der Waals surface area (Å²) in [6, 6.07) is 0.719. The quantitative estimate of drug-likeness (QED) is 0.835. The highest BCUT2D eigenvalue weighted by Gasteiger charge is 2.39. The molecule has 1 aliphatic carbocycles. The summed E-state index contributed by atoms with van der Waals surface area (Å²) in [7, 11) is 0. The molecule has 2 fully saturated rings. The number of nitrogens with one attached hydrogen (secondary N) is 1. The summed E-state index contributed by atoms with van der Waals surface area (Å²) in [5.74, 6) is 0.749. The van der Waals surface area contributed by atoms with Crippen LogP contribution in [0.25, 0.3) is 0 Å². The number of rotatable bonds is 4. The van der Waals surface area contributed by atoms with Gasteiger partial charge in [-0.05, 0) is 37.5 Å². The molecule has 1 N–H and O–H groups in total. The van der Waals surface area contributed by atoms with Crippen LogP contribution in [-0.2, 0) is 0 Å². The summed E-state index contributed by atoms with van der Waals surface area (Å²) in [5, 5.41) is 3.80. The molecular formula is C17H34N2. The first-order valence-electron chi connectivity index (χ1n) is 8.37. The van der Waals surface area contributed by atoms with Crippen molar-refractivity contribution >= 4 is 0 Å². The summed E-state index contributed by atoms with van der Waals surface area (Å²) in [6.45, 7) is 15.7. The maximum Gasteiger partial charge on any atom is 0.0278 e. The second-order valence-corrected chi connectivity index (χ2v) is 8.03. The monoisotopic (exact) mass is 266 g/mol. The fourth-order valence-electron chi connectivity index (χ4n) is 4.05. The topological polar surface area (TPSA) is 15.3 Å². The van der Waals surface area contributed by atoms with Gasteiger partial charge in [0.15, 0.2) is 0 Å². The summed E-state index contributed by atoms with van der Waals surface area (Å²) in [6.07, 6.45) is 6.99. The van der Waals surface area contributed by atoms with Crippen LogP contribution in [0.2, 0.25) is 0 Å². The first-order valence-corrected chi connectivity index (χ1v) is 8.37. The van der Waals surface area contributed by atoms with Crippen molar-refractivity contribution in [1.82, 2.24) is 10.2 Å². The van der Waals surface area contributed by atoms with E-state index in [-0.39, 0.29) is 0 Å². The van der Waals surface area contributed by atoms with Gasteiger partial charge >= 0.3 is 0 Å². The van der Waals surface area contributed by atoms with Crippen LogP contribution in [0.3, 0.4) is 0 Å². The number of hydrogen-bond acceptors (Lipinski definition) is 2. The highest BCUT2D eigenvalue weighted by atomic mass is 15.3. The van der Waals surface area contributed by atoms with E-state index >= 15 is 0 Å². The predicted molar refractivity (Wildman–Crippen MR) is 83.5 cm³/mol. The lowest BCUT2D eigenvalue weighted by molar-refractivity contribution is 0.0282. The van der Waals surface area contributed by atoms with Gasteiger partial charge < -0.3 is 5.32 Å². The Bertz CT molecular complexity index is 294. The summed E-state index contributed by atoms with van der Waals surface area (Å²) >= 11 is 0. The van der Waals surface area contributed by atoms with Crippen LogP contribution in [0.5, 0.6) is 0 Å². The Kier molecular flexibility index (Phi) is 4.62. The molecule has 19 heavy (non-hydrogen) atoms. The Morgan fingerprint density at radius 2 is 1.84 bits per heavy atom. The van der Waals surface area contributed by atoms with Gasteiger partial charge in [-0.3, -0.25) is 4.90 Å². The molecule has 2 unspecified atom stereocenters. The smallest absolute Gasteiger partial charge is 0.0278 e. The van der Waals surface area contributed by atoms with E-state index in [0.717, 1.165) is 18.5 Å². The summed E-state index contributed by atoms with van der Waals surface area (Å²) < 4.78 is 0. The highest BCUT2D eigenvalue weighted by molar-refractivity contribution is 4.97. The van der Waals surface area contributed by atoms with E-state index in [1.807, 2.05) is 0 Å². The lowest BCUT2D eigenvalue weighted by Crippen LogP contribution is -2.65. The van der Waals surface area contributed by atoms with Gasteiger partial charge in [0.1, 0.15) is 0 Å². The number of hydrogen-bond donors (Lipinski definition) is 1. The molecule has 0 spiro atoms. The van der Waals surface area contributed by atoms with Crippen molar-refractivity contribution in [2.75, 3.05) is 19.6 Å². The second kappa shape index (κ2) is 5.73. The Morgan fingerprint density at radius 3 is 2.37 bits per heavy atom. The molecule has 2 nitrogen and oxygen atoms in total. The molecule has 0 aromatic carbocycles. The van der Waals surface area contributed by atoms with Crippen LogP contribution in [0, 0.1) is 11.3 Å². The lowest BCUT2D eigenvalue weighted by Gasteiger charge is -2.49. The normalized spacial score (nSPS) is 36.0. The average Bonchev–Trinajstić information content (AvgIpc) is 2.75. The van der Waals surface area contributed by atoms with Gasteiger partial charge in [0.05, 0.1) is 0 Å². The second-order valence-electron chi connectivity index (χ2n) is 8.03. The van der Waals surface area contributed by atoms with E-state index in [9.17, 15) is 0 Å². The van der Waals surface area contributed by atoms with Crippen molar-refractivity contribution in [1.29, 1.82) is 0 Å². The van der Waals surface area contributed by atoms with Crippen LogP contribution in [-0.4, -0.2) is 36.1 Å². The van der Waals surface area contributed by atoms with Crippen LogP contribution >= 0.6 is 0 Å². The van der Waals surface area contributed by atoms with E-state index in [1.165, 1.54) is 45.2 Å². The highest BCUT2D eigenvalue weighted by Crippen LogP contribution is 2.39. The average molecular weight is 266 g/mol. The van der Waals surface area contributed by atoms with Crippen molar-refractivity contribution in [2.24, 2.45) is 11.3 Å². The van der Waals surface area contributed by atoms with Crippen molar-refractivity contribution in [3.8, 4) is 0 Å². The molecule has 1 heterocycles. The molecular weight excluding hydrogens is 232 g/mol. The Balaban J connectivity index is 2.07. The van der Waals surface area contributed by atoms with Crippen LogP contribution < -0.4 is 5.32 Å². The molecule has 112 valence electrons. The lowest BCUT2D eigenvalue weighted by atomic mass is 9.84. The van der Waals surface area contributed by atoms with Gasteiger partial charge in [-0.25, -0.2) is 0 Å². The van der Waals surface area contributed by atoms with E-state index < -0.39 is 0 Å². The number of piperazine rings is 1. The van der Waals surface area contributed by atoms with Gasteiger partial charge in [-0.2, -0.15) is 0 Å². The van der Waals surface area contributed by atoms with Crippen LogP contribution in [0.4, 0.5) is 0 Å². The van der Waals surface area contributed by atoms with Gasteiger partial charge in [0, 0.05) is 31.2 Å². The van der Waals surface area contributed by atoms with Gasteiger partial charge in [0.25, 0.3) is 0 Å². The molecule has 2 aliphatic rings. The van der Waals surface area contributed by atoms with Crippen LogP contribution in [0.15, 0.2) is 0 Å². The molecule has 0 aromatic heterocycles. The minimum absolute atomic E-state index is 0.320. The van der Waals surface area contributed by atoms with Crippen molar-refractivity contribution in [2.45, 2.75) is 78.3 Å². The van der Waals surface area contributed by atoms with Gasteiger partial charge in [0.2, 0.25) is 0 Å². The largest absolute Gasteiger partial charge is 0.309 e. The molecule has 1 aliphatic heterocycles.